The van der Waals surface area contributed by atoms with Crippen LogP contribution in [0.25, 0.3) is 11.6 Å². The van der Waals surface area contributed by atoms with Gasteiger partial charge in [0.15, 0.2) is 0 Å². The van der Waals surface area contributed by atoms with Crippen molar-refractivity contribution in [1.82, 2.24) is 9.80 Å². The van der Waals surface area contributed by atoms with Crippen molar-refractivity contribution >= 4 is 17.6 Å². The summed E-state index contributed by atoms with van der Waals surface area (Å²) < 4.78 is 0. The second-order valence-corrected chi connectivity index (χ2v) is 6.63. The quantitative estimate of drug-likeness (QED) is 0.766. The van der Waals surface area contributed by atoms with Crippen LogP contribution in [0.15, 0.2) is 72.8 Å². The van der Waals surface area contributed by atoms with E-state index in [2.05, 4.69) is 41.3 Å². The van der Waals surface area contributed by atoms with E-state index < -0.39 is 0 Å². The Morgan fingerprint density at radius 2 is 1.54 bits per heavy atom. The van der Waals surface area contributed by atoms with Crippen LogP contribution in [0, 0.1) is 0 Å². The van der Waals surface area contributed by atoms with Crippen molar-refractivity contribution in [1.29, 1.82) is 0 Å². The highest BCUT2D eigenvalue weighted by molar-refractivity contribution is 5.94. The highest BCUT2D eigenvalue weighted by Gasteiger charge is 2.19. The fraction of sp³-hybridized carbons (Fsp3) is 0.261. The minimum Gasteiger partial charge on any atom is -0.337 e. The van der Waals surface area contributed by atoms with E-state index >= 15 is 0 Å². The first kappa shape index (κ1) is 18.2. The van der Waals surface area contributed by atoms with E-state index in [1.54, 1.807) is 6.08 Å². The van der Waals surface area contributed by atoms with Gasteiger partial charge in [-0.3, -0.25) is 9.69 Å². The summed E-state index contributed by atoms with van der Waals surface area (Å²) in [6, 6.07) is 20.4. The van der Waals surface area contributed by atoms with Crippen molar-refractivity contribution in [3.8, 4) is 0 Å². The molecular formula is C23H26N2O. The van der Waals surface area contributed by atoms with Gasteiger partial charge in [-0.1, -0.05) is 72.8 Å². The summed E-state index contributed by atoms with van der Waals surface area (Å²) in [6.45, 7) is 6.34. The van der Waals surface area contributed by atoms with E-state index in [1.807, 2.05) is 48.2 Å². The van der Waals surface area contributed by atoms with Crippen LogP contribution < -0.4 is 0 Å². The van der Waals surface area contributed by atoms with Crippen LogP contribution in [-0.4, -0.2) is 48.4 Å². The largest absolute Gasteiger partial charge is 0.337 e. The predicted octanol–water partition coefficient (Wildman–Crippen LogP) is 3.95. The maximum absolute atomic E-state index is 12.5. The van der Waals surface area contributed by atoms with Crippen molar-refractivity contribution in [2.24, 2.45) is 0 Å². The molecule has 1 aliphatic heterocycles. The molecule has 0 atom stereocenters. The molecule has 0 radical (unpaired) electrons. The number of carbonyl (C=O) groups excluding carboxylic acids is 1. The van der Waals surface area contributed by atoms with E-state index in [9.17, 15) is 4.79 Å². The third kappa shape index (κ3) is 5.17. The summed E-state index contributed by atoms with van der Waals surface area (Å²) in [6.07, 6.45) is 6.12. The summed E-state index contributed by atoms with van der Waals surface area (Å²) in [5, 5.41) is 0. The molecule has 0 aliphatic carbocycles. The van der Waals surface area contributed by atoms with Crippen molar-refractivity contribution < 1.29 is 4.79 Å². The van der Waals surface area contributed by atoms with Crippen LogP contribution in [-0.2, 0) is 4.79 Å². The van der Waals surface area contributed by atoms with Gasteiger partial charge < -0.3 is 4.90 Å². The highest BCUT2D eigenvalue weighted by Crippen LogP contribution is 2.14. The summed E-state index contributed by atoms with van der Waals surface area (Å²) in [7, 11) is 0. The van der Waals surface area contributed by atoms with Crippen molar-refractivity contribution in [3.05, 3.63) is 83.9 Å². The van der Waals surface area contributed by atoms with Gasteiger partial charge in [-0.15, -0.1) is 0 Å². The Bertz CT molecular complexity index is 757. The van der Waals surface area contributed by atoms with Crippen molar-refractivity contribution in [3.63, 3.8) is 0 Å². The normalized spacial score (nSPS) is 16.2. The zero-order valence-corrected chi connectivity index (χ0v) is 15.3. The lowest BCUT2D eigenvalue weighted by Crippen LogP contribution is -2.48. The fourth-order valence-electron chi connectivity index (χ4n) is 3.11. The van der Waals surface area contributed by atoms with Crippen LogP contribution in [0.2, 0.25) is 0 Å². The molecule has 3 rings (SSSR count). The Balaban J connectivity index is 1.47. The molecule has 0 bridgehead atoms. The molecule has 2 aromatic rings. The molecule has 0 aromatic heterocycles. The van der Waals surface area contributed by atoms with E-state index in [1.165, 1.54) is 5.56 Å². The first-order chi connectivity index (χ1) is 12.7. The van der Waals surface area contributed by atoms with Crippen LogP contribution in [0.3, 0.4) is 0 Å². The number of allylic oxidation sites excluding steroid dienone is 1. The second kappa shape index (κ2) is 9.16. The number of carbonyl (C=O) groups is 1. The van der Waals surface area contributed by atoms with Crippen LogP contribution in [0.4, 0.5) is 0 Å². The number of rotatable bonds is 5. The molecule has 0 saturated carbocycles. The van der Waals surface area contributed by atoms with E-state index in [-0.39, 0.29) is 5.91 Å². The summed E-state index contributed by atoms with van der Waals surface area (Å²) >= 11 is 0. The van der Waals surface area contributed by atoms with E-state index in [0.717, 1.165) is 43.9 Å². The molecule has 1 aliphatic rings. The monoisotopic (exact) mass is 346 g/mol. The van der Waals surface area contributed by atoms with Crippen LogP contribution in [0.1, 0.15) is 18.1 Å². The van der Waals surface area contributed by atoms with Gasteiger partial charge in [0.2, 0.25) is 5.91 Å². The van der Waals surface area contributed by atoms with Crippen molar-refractivity contribution in [2.75, 3.05) is 32.7 Å². The highest BCUT2D eigenvalue weighted by atomic mass is 16.2. The Labute approximate surface area is 156 Å². The van der Waals surface area contributed by atoms with Gasteiger partial charge >= 0.3 is 0 Å². The summed E-state index contributed by atoms with van der Waals surface area (Å²) in [4.78, 5) is 16.8. The fourth-order valence-corrected chi connectivity index (χ4v) is 3.11. The number of amides is 1. The van der Waals surface area contributed by atoms with Gasteiger partial charge in [0.05, 0.1) is 0 Å². The summed E-state index contributed by atoms with van der Waals surface area (Å²) in [5.41, 5.74) is 3.34. The molecule has 1 saturated heterocycles. The number of benzene rings is 2. The Morgan fingerprint density at radius 1 is 0.923 bits per heavy atom. The Morgan fingerprint density at radius 3 is 2.19 bits per heavy atom. The lowest BCUT2D eigenvalue weighted by Gasteiger charge is -2.33. The average Bonchev–Trinajstić information content (AvgIpc) is 2.70. The standard InChI is InChI=1S/C23H26N2O/c1-20(22-12-6-3-7-13-22)19-23(26)25-17-15-24(16-18-25)14-8-11-21-9-4-2-5-10-21/h2-13,19H,14-18H2,1H3/b11-8+,20-19+. The van der Waals surface area contributed by atoms with Gasteiger partial charge in [-0.25, -0.2) is 0 Å². The van der Waals surface area contributed by atoms with Crippen LogP contribution in [0.5, 0.6) is 0 Å². The maximum atomic E-state index is 12.5. The second-order valence-electron chi connectivity index (χ2n) is 6.63. The Kier molecular flexibility index (Phi) is 6.39. The predicted molar refractivity (Wildman–Crippen MR) is 109 cm³/mol. The minimum atomic E-state index is 0.117. The number of hydrogen-bond donors (Lipinski definition) is 0. The molecule has 1 amide bonds. The molecule has 3 nitrogen and oxygen atoms in total. The third-order valence-corrected chi connectivity index (χ3v) is 4.73. The van der Waals surface area contributed by atoms with E-state index in [0.29, 0.717) is 0 Å². The van der Waals surface area contributed by atoms with Crippen LogP contribution >= 0.6 is 0 Å². The first-order valence-corrected chi connectivity index (χ1v) is 9.19. The molecule has 0 spiro atoms. The topological polar surface area (TPSA) is 23.6 Å². The van der Waals surface area contributed by atoms with Gasteiger partial charge in [0, 0.05) is 38.8 Å². The van der Waals surface area contributed by atoms with Gasteiger partial charge in [0.25, 0.3) is 0 Å². The lowest BCUT2D eigenvalue weighted by atomic mass is 10.1. The summed E-state index contributed by atoms with van der Waals surface area (Å²) in [5.74, 6) is 0.117. The minimum absolute atomic E-state index is 0.117. The third-order valence-electron chi connectivity index (χ3n) is 4.73. The molecular weight excluding hydrogens is 320 g/mol. The lowest BCUT2D eigenvalue weighted by molar-refractivity contribution is -0.127. The number of piperazine rings is 1. The number of hydrogen-bond acceptors (Lipinski definition) is 2. The molecule has 1 heterocycles. The average molecular weight is 346 g/mol. The van der Waals surface area contributed by atoms with Gasteiger partial charge in [-0.2, -0.15) is 0 Å². The smallest absolute Gasteiger partial charge is 0.246 e. The van der Waals surface area contributed by atoms with Crippen molar-refractivity contribution in [2.45, 2.75) is 6.92 Å². The SMILES string of the molecule is C/C(=C\C(=O)N1CCN(C/C=C/c2ccccc2)CC1)c1ccccc1. The first-order valence-electron chi connectivity index (χ1n) is 9.19. The molecule has 134 valence electrons. The number of nitrogens with zero attached hydrogens (tertiary/aromatic N) is 2. The molecule has 26 heavy (non-hydrogen) atoms. The zero-order valence-electron chi connectivity index (χ0n) is 15.3. The zero-order chi connectivity index (χ0) is 18.2. The van der Waals surface area contributed by atoms with Gasteiger partial charge in [-0.05, 0) is 23.6 Å². The molecule has 0 unspecified atom stereocenters. The maximum Gasteiger partial charge on any atom is 0.246 e. The Hall–Kier alpha value is -2.65. The molecule has 1 fully saturated rings. The molecule has 0 N–H and O–H groups in total. The molecule has 2 aromatic carbocycles. The van der Waals surface area contributed by atoms with Gasteiger partial charge in [0.1, 0.15) is 0 Å². The van der Waals surface area contributed by atoms with E-state index in [4.69, 9.17) is 0 Å². The molecule has 3 heteroatoms.